The third kappa shape index (κ3) is 1.63. The lowest BCUT2D eigenvalue weighted by Crippen LogP contribution is -1.82. The van der Waals surface area contributed by atoms with Crippen LogP contribution in [0.2, 0.25) is 0 Å². The molecule has 18 heavy (non-hydrogen) atoms. The van der Waals surface area contributed by atoms with Gasteiger partial charge in [-0.25, -0.2) is 0 Å². The summed E-state index contributed by atoms with van der Waals surface area (Å²) in [6.45, 7) is 0. The lowest BCUT2D eigenvalue weighted by atomic mass is 10.1. The van der Waals surface area contributed by atoms with Crippen LogP contribution in [0.3, 0.4) is 0 Å². The Labute approximate surface area is 111 Å². The van der Waals surface area contributed by atoms with E-state index in [0.29, 0.717) is 20.9 Å². The topological polar surface area (TPSA) is 95.2 Å². The molecule has 0 radical (unpaired) electrons. The van der Waals surface area contributed by atoms with E-state index in [-0.39, 0.29) is 11.1 Å². The summed E-state index contributed by atoms with van der Waals surface area (Å²) in [5.74, 6) is 0. The summed E-state index contributed by atoms with van der Waals surface area (Å²) in [6.07, 6.45) is 0. The highest BCUT2D eigenvalue weighted by atomic mass is 32.1. The Kier molecular flexibility index (Phi) is 3.09. The second kappa shape index (κ2) is 4.70. The van der Waals surface area contributed by atoms with E-state index in [1.165, 1.54) is 22.7 Å². The maximum Gasteiger partial charge on any atom is 0.102 e. The number of hydrogen-bond acceptors (Lipinski definition) is 6. The highest BCUT2D eigenvalue weighted by molar-refractivity contribution is 7.21. The summed E-state index contributed by atoms with van der Waals surface area (Å²) in [7, 11) is 0. The highest BCUT2D eigenvalue weighted by Gasteiger charge is 2.19. The van der Waals surface area contributed by atoms with Gasteiger partial charge in [0.25, 0.3) is 0 Å². The highest BCUT2D eigenvalue weighted by Crippen LogP contribution is 2.39. The lowest BCUT2D eigenvalue weighted by Gasteiger charge is -1.94. The van der Waals surface area contributed by atoms with E-state index in [0.717, 1.165) is 0 Å². The minimum atomic E-state index is 0.269. The fraction of sp³-hybridized carbons (Fsp3) is 0. The van der Waals surface area contributed by atoms with Gasteiger partial charge in [-0.05, 0) is 0 Å². The summed E-state index contributed by atoms with van der Waals surface area (Å²) in [5, 5.41) is 39.1. The Hall–Kier alpha value is -2.64. The molecule has 0 aromatic carbocycles. The molecule has 0 atom stereocenters. The van der Waals surface area contributed by atoms with E-state index >= 15 is 0 Å². The Balaban J connectivity index is 2.74. The largest absolute Gasteiger partial charge is 0.192 e. The Morgan fingerprint density at radius 1 is 0.667 bits per heavy atom. The number of nitriles is 4. The van der Waals surface area contributed by atoms with E-state index in [1.54, 1.807) is 10.8 Å². The molecule has 0 aliphatic heterocycles. The first-order valence-electron chi connectivity index (χ1n) is 4.60. The van der Waals surface area contributed by atoms with Crippen LogP contribution < -0.4 is 0 Å². The third-order valence-electron chi connectivity index (χ3n) is 2.25. The van der Waals surface area contributed by atoms with Crippen LogP contribution >= 0.6 is 22.7 Å². The van der Waals surface area contributed by atoms with Crippen LogP contribution in [0.1, 0.15) is 22.3 Å². The van der Waals surface area contributed by atoms with Gasteiger partial charge in [0.1, 0.15) is 24.3 Å². The molecule has 82 valence electrons. The number of rotatable bonds is 1. The van der Waals surface area contributed by atoms with E-state index < -0.39 is 0 Å². The molecule has 0 aliphatic carbocycles. The molecular weight excluding hydrogens is 264 g/mol. The zero-order chi connectivity index (χ0) is 13.1. The van der Waals surface area contributed by atoms with Gasteiger partial charge in [-0.1, -0.05) is 0 Å². The van der Waals surface area contributed by atoms with Crippen LogP contribution in [-0.2, 0) is 0 Å². The van der Waals surface area contributed by atoms with Crippen LogP contribution in [-0.4, -0.2) is 0 Å². The van der Waals surface area contributed by atoms with Gasteiger partial charge < -0.3 is 0 Å². The summed E-state index contributed by atoms with van der Waals surface area (Å²) < 4.78 is 0. The zero-order valence-electron chi connectivity index (χ0n) is 8.76. The van der Waals surface area contributed by atoms with Crippen molar-refractivity contribution in [3.63, 3.8) is 0 Å². The van der Waals surface area contributed by atoms with Gasteiger partial charge in [0.05, 0.1) is 32.0 Å². The maximum absolute atomic E-state index is 9.07. The Morgan fingerprint density at radius 3 is 1.33 bits per heavy atom. The minimum absolute atomic E-state index is 0.269. The second-order valence-corrected chi connectivity index (χ2v) is 4.91. The van der Waals surface area contributed by atoms with Crippen LogP contribution in [0.15, 0.2) is 10.8 Å². The van der Waals surface area contributed by atoms with E-state index in [1.807, 2.05) is 24.3 Å². The first-order valence-corrected chi connectivity index (χ1v) is 6.36. The molecule has 0 unspecified atom stereocenters. The van der Waals surface area contributed by atoms with Gasteiger partial charge in [0, 0.05) is 10.8 Å². The van der Waals surface area contributed by atoms with Gasteiger partial charge in [-0.15, -0.1) is 22.7 Å². The molecule has 2 aromatic rings. The van der Waals surface area contributed by atoms with Crippen molar-refractivity contribution in [1.29, 1.82) is 21.0 Å². The summed E-state index contributed by atoms with van der Waals surface area (Å²) in [5.41, 5.74) is 1.14. The van der Waals surface area contributed by atoms with Gasteiger partial charge in [-0.2, -0.15) is 21.0 Å². The van der Waals surface area contributed by atoms with Crippen molar-refractivity contribution in [3.05, 3.63) is 33.0 Å². The molecule has 0 N–H and O–H groups in total. The monoisotopic (exact) mass is 266 g/mol. The maximum atomic E-state index is 9.07. The molecule has 0 spiro atoms. The smallest absolute Gasteiger partial charge is 0.102 e. The fourth-order valence-electron chi connectivity index (χ4n) is 1.44. The summed E-state index contributed by atoms with van der Waals surface area (Å²) in [6, 6.07) is 7.83. The van der Waals surface area contributed by atoms with Gasteiger partial charge in [0.2, 0.25) is 0 Å². The van der Waals surface area contributed by atoms with Gasteiger partial charge >= 0.3 is 0 Å². The van der Waals surface area contributed by atoms with Crippen LogP contribution in [0.4, 0.5) is 0 Å². The van der Waals surface area contributed by atoms with Crippen molar-refractivity contribution in [2.24, 2.45) is 0 Å². The molecule has 0 saturated heterocycles. The van der Waals surface area contributed by atoms with E-state index in [2.05, 4.69) is 0 Å². The first kappa shape index (κ1) is 11.8. The molecule has 0 saturated carbocycles. The molecule has 0 bridgehead atoms. The lowest BCUT2D eigenvalue weighted by molar-refractivity contribution is 1.45. The minimum Gasteiger partial charge on any atom is -0.192 e. The van der Waals surface area contributed by atoms with Crippen molar-refractivity contribution >= 4 is 22.7 Å². The molecule has 2 rings (SSSR count). The first-order chi connectivity index (χ1) is 8.76. The van der Waals surface area contributed by atoms with Crippen LogP contribution in [0.5, 0.6) is 0 Å². The second-order valence-electron chi connectivity index (χ2n) is 3.15. The van der Waals surface area contributed by atoms with Crippen molar-refractivity contribution in [2.45, 2.75) is 0 Å². The predicted octanol–water partition coefficient (Wildman–Crippen LogP) is 2.96. The molecule has 0 fully saturated rings. The van der Waals surface area contributed by atoms with Crippen LogP contribution in [0.25, 0.3) is 9.75 Å². The van der Waals surface area contributed by atoms with E-state index in [4.69, 9.17) is 21.0 Å². The predicted molar refractivity (Wildman–Crippen MR) is 66.5 cm³/mol. The molecule has 0 aliphatic rings. The number of nitrogens with zero attached hydrogens (tertiary/aromatic N) is 4. The molecule has 6 heteroatoms. The normalized spacial score (nSPS) is 8.89. The molecule has 2 heterocycles. The molecular formula is C12H2N4S2. The Bertz CT molecular complexity index is 716. The van der Waals surface area contributed by atoms with Crippen molar-refractivity contribution < 1.29 is 0 Å². The summed E-state index contributed by atoms with van der Waals surface area (Å²) in [4.78, 5) is 1.16. The Morgan fingerprint density at radius 2 is 1.06 bits per heavy atom. The van der Waals surface area contributed by atoms with E-state index in [9.17, 15) is 0 Å². The quantitative estimate of drug-likeness (QED) is 0.792. The number of thiophene rings is 2. The van der Waals surface area contributed by atoms with Crippen LogP contribution in [0, 0.1) is 45.3 Å². The van der Waals surface area contributed by atoms with Gasteiger partial charge in [-0.3, -0.25) is 0 Å². The number of hydrogen-bond donors (Lipinski definition) is 0. The van der Waals surface area contributed by atoms with Crippen molar-refractivity contribution in [2.75, 3.05) is 0 Å². The van der Waals surface area contributed by atoms with Crippen molar-refractivity contribution in [1.82, 2.24) is 0 Å². The molecule has 2 aromatic heterocycles. The standard InChI is InChI=1S/C12H2N4S2/c13-1-7-5-17-11(9(7)3-15)12-10(4-16)8(2-14)6-18-12/h5-6H. The SMILES string of the molecule is N#Cc1csc(-c2scc(C#N)c2C#N)c1C#N. The zero-order valence-corrected chi connectivity index (χ0v) is 10.4. The summed E-state index contributed by atoms with van der Waals surface area (Å²) >= 11 is 2.47. The molecule has 4 nitrogen and oxygen atoms in total. The van der Waals surface area contributed by atoms with Crippen molar-refractivity contribution in [3.8, 4) is 34.0 Å². The fourth-order valence-corrected chi connectivity index (χ4v) is 3.50. The van der Waals surface area contributed by atoms with Gasteiger partial charge in [0.15, 0.2) is 0 Å². The molecule has 0 amide bonds. The average molecular weight is 266 g/mol. The third-order valence-corrected chi connectivity index (χ3v) is 4.38. The average Bonchev–Trinajstić information content (AvgIpc) is 3.00.